The maximum absolute atomic E-state index is 13.0. The summed E-state index contributed by atoms with van der Waals surface area (Å²) in [6.45, 7) is 3.98. The van der Waals surface area contributed by atoms with Gasteiger partial charge in [0, 0.05) is 44.0 Å². The van der Waals surface area contributed by atoms with Gasteiger partial charge in [-0.15, -0.1) is 0 Å². The summed E-state index contributed by atoms with van der Waals surface area (Å²) in [6.07, 6.45) is 4.91. The van der Waals surface area contributed by atoms with Crippen molar-refractivity contribution in [1.82, 2.24) is 25.0 Å². The number of aromatic nitrogens is 3. The van der Waals surface area contributed by atoms with Gasteiger partial charge < -0.3 is 9.80 Å². The number of nitrogens with one attached hydrogen (secondary N) is 1. The van der Waals surface area contributed by atoms with Crippen LogP contribution >= 0.6 is 0 Å². The summed E-state index contributed by atoms with van der Waals surface area (Å²) < 4.78 is 0. The largest absolute Gasteiger partial charge is 0.335 e. The molecule has 7 nitrogen and oxygen atoms in total. The van der Waals surface area contributed by atoms with Crippen molar-refractivity contribution in [2.45, 2.75) is 6.92 Å². The highest BCUT2D eigenvalue weighted by Crippen LogP contribution is 2.22. The predicted molar refractivity (Wildman–Crippen MR) is 96.9 cm³/mol. The molecular formula is C19H19N5O2. The lowest BCUT2D eigenvalue weighted by molar-refractivity contribution is 0.0536. The Balaban J connectivity index is 1.49. The van der Waals surface area contributed by atoms with Gasteiger partial charge in [-0.1, -0.05) is 6.07 Å². The number of rotatable bonds is 2. The number of piperazine rings is 1. The van der Waals surface area contributed by atoms with Crippen molar-refractivity contribution in [3.8, 4) is 0 Å². The quantitative estimate of drug-likeness (QED) is 0.766. The summed E-state index contributed by atoms with van der Waals surface area (Å²) in [6, 6.07) is 7.37. The van der Waals surface area contributed by atoms with Crippen LogP contribution in [-0.2, 0) is 0 Å². The number of H-pyrrole nitrogens is 1. The Kier molecular flexibility index (Phi) is 4.12. The molecular weight excluding hydrogens is 330 g/mol. The molecule has 0 spiro atoms. The van der Waals surface area contributed by atoms with Crippen LogP contribution < -0.4 is 0 Å². The smallest absolute Gasteiger partial charge is 0.255 e. The zero-order valence-electron chi connectivity index (χ0n) is 14.5. The van der Waals surface area contributed by atoms with Crippen molar-refractivity contribution in [3.05, 3.63) is 59.5 Å². The molecule has 1 N–H and O–H groups in total. The Labute approximate surface area is 150 Å². The maximum Gasteiger partial charge on any atom is 0.255 e. The highest BCUT2D eigenvalue weighted by Gasteiger charge is 2.27. The van der Waals surface area contributed by atoms with Gasteiger partial charge in [-0.25, -0.2) is 0 Å². The van der Waals surface area contributed by atoms with Gasteiger partial charge in [-0.2, -0.15) is 5.10 Å². The molecule has 1 aliphatic rings. The first-order valence-electron chi connectivity index (χ1n) is 8.56. The summed E-state index contributed by atoms with van der Waals surface area (Å²) >= 11 is 0. The Morgan fingerprint density at radius 3 is 2.42 bits per heavy atom. The minimum Gasteiger partial charge on any atom is -0.335 e. The molecule has 132 valence electrons. The van der Waals surface area contributed by atoms with Gasteiger partial charge in [0.2, 0.25) is 0 Å². The first-order valence-corrected chi connectivity index (χ1v) is 8.56. The second kappa shape index (κ2) is 6.59. The average Bonchev–Trinajstić information content (AvgIpc) is 3.16. The van der Waals surface area contributed by atoms with E-state index in [1.807, 2.05) is 24.0 Å². The zero-order chi connectivity index (χ0) is 18.1. The number of carbonyl (C=O) groups is 2. The minimum atomic E-state index is -0.0432. The van der Waals surface area contributed by atoms with Gasteiger partial charge in [0.15, 0.2) is 0 Å². The van der Waals surface area contributed by atoms with E-state index < -0.39 is 0 Å². The fraction of sp³-hybridized carbons (Fsp3) is 0.263. The molecule has 0 bridgehead atoms. The van der Waals surface area contributed by atoms with Gasteiger partial charge in [0.1, 0.15) is 0 Å². The summed E-state index contributed by atoms with van der Waals surface area (Å²) in [5, 5.41) is 7.79. The number of aryl methyl sites for hydroxylation is 1. The first-order chi connectivity index (χ1) is 12.6. The van der Waals surface area contributed by atoms with E-state index >= 15 is 0 Å². The molecule has 0 atom stereocenters. The van der Waals surface area contributed by atoms with E-state index in [-0.39, 0.29) is 11.8 Å². The molecule has 3 heterocycles. The van der Waals surface area contributed by atoms with Crippen molar-refractivity contribution in [3.63, 3.8) is 0 Å². The van der Waals surface area contributed by atoms with E-state index in [1.165, 1.54) is 0 Å². The molecule has 26 heavy (non-hydrogen) atoms. The number of pyridine rings is 1. The maximum atomic E-state index is 13.0. The van der Waals surface area contributed by atoms with E-state index in [0.29, 0.717) is 37.3 Å². The lowest BCUT2D eigenvalue weighted by atomic mass is 10.0. The molecule has 1 saturated heterocycles. The lowest BCUT2D eigenvalue weighted by Crippen LogP contribution is -2.50. The fourth-order valence-corrected chi connectivity index (χ4v) is 3.35. The first kappa shape index (κ1) is 16.3. The van der Waals surface area contributed by atoms with Crippen LogP contribution in [0.25, 0.3) is 10.9 Å². The second-order valence-corrected chi connectivity index (χ2v) is 6.41. The van der Waals surface area contributed by atoms with Gasteiger partial charge in [0.25, 0.3) is 11.8 Å². The Hall–Kier alpha value is -3.22. The Morgan fingerprint density at radius 2 is 1.73 bits per heavy atom. The molecule has 2 amide bonds. The number of fused-ring (bicyclic) bond motifs is 1. The molecule has 0 aliphatic carbocycles. The van der Waals surface area contributed by atoms with Crippen LogP contribution in [-0.4, -0.2) is 63.0 Å². The molecule has 1 aliphatic heterocycles. The fourth-order valence-electron chi connectivity index (χ4n) is 3.35. The number of hydrogen-bond acceptors (Lipinski definition) is 4. The third-order valence-electron chi connectivity index (χ3n) is 4.81. The minimum absolute atomic E-state index is 0.0111. The number of aromatic amines is 1. The third kappa shape index (κ3) is 2.81. The number of hydrogen-bond donors (Lipinski definition) is 1. The van der Waals surface area contributed by atoms with Crippen molar-refractivity contribution in [2.75, 3.05) is 26.2 Å². The highest BCUT2D eigenvalue weighted by molar-refractivity contribution is 6.07. The van der Waals surface area contributed by atoms with Gasteiger partial charge in [-0.3, -0.25) is 19.7 Å². The highest BCUT2D eigenvalue weighted by atomic mass is 16.2. The Bertz CT molecular complexity index is 958. The topological polar surface area (TPSA) is 82.2 Å². The van der Waals surface area contributed by atoms with E-state index in [0.717, 1.165) is 16.5 Å². The van der Waals surface area contributed by atoms with Crippen LogP contribution in [0.5, 0.6) is 0 Å². The number of amides is 2. The molecule has 0 radical (unpaired) electrons. The lowest BCUT2D eigenvalue weighted by Gasteiger charge is -2.35. The number of nitrogens with zero attached hydrogens (tertiary/aromatic N) is 4. The molecule has 0 unspecified atom stereocenters. The van der Waals surface area contributed by atoms with Crippen LogP contribution in [0.4, 0.5) is 0 Å². The van der Waals surface area contributed by atoms with E-state index in [9.17, 15) is 9.59 Å². The summed E-state index contributed by atoms with van der Waals surface area (Å²) in [4.78, 5) is 33.1. The van der Waals surface area contributed by atoms with Gasteiger partial charge in [-0.05, 0) is 30.7 Å². The van der Waals surface area contributed by atoms with Crippen molar-refractivity contribution in [1.29, 1.82) is 0 Å². The molecule has 0 saturated carbocycles. The molecule has 3 aromatic rings. The van der Waals surface area contributed by atoms with Crippen LogP contribution in [0.3, 0.4) is 0 Å². The number of benzene rings is 1. The van der Waals surface area contributed by atoms with E-state index in [2.05, 4.69) is 15.2 Å². The molecule has 1 fully saturated rings. The Morgan fingerprint density at radius 1 is 1.00 bits per heavy atom. The molecule has 2 aromatic heterocycles. The van der Waals surface area contributed by atoms with Crippen molar-refractivity contribution in [2.24, 2.45) is 0 Å². The normalized spacial score (nSPS) is 14.7. The third-order valence-corrected chi connectivity index (χ3v) is 4.81. The van der Waals surface area contributed by atoms with Gasteiger partial charge in [0.05, 0.1) is 22.8 Å². The average molecular weight is 349 g/mol. The van der Waals surface area contributed by atoms with Crippen LogP contribution in [0.2, 0.25) is 0 Å². The van der Waals surface area contributed by atoms with Crippen LogP contribution in [0, 0.1) is 6.92 Å². The SMILES string of the molecule is Cc1ccc2[nH]ncc2c1C(=O)N1CCN(C(=O)c2cccnc2)CC1. The molecule has 1 aromatic carbocycles. The summed E-state index contributed by atoms with van der Waals surface area (Å²) in [7, 11) is 0. The second-order valence-electron chi connectivity index (χ2n) is 6.41. The molecule has 7 heteroatoms. The number of carbonyl (C=O) groups excluding carboxylic acids is 2. The molecule has 4 rings (SSSR count). The van der Waals surface area contributed by atoms with E-state index in [4.69, 9.17) is 0 Å². The van der Waals surface area contributed by atoms with Gasteiger partial charge >= 0.3 is 0 Å². The summed E-state index contributed by atoms with van der Waals surface area (Å²) in [5.74, 6) is -0.0544. The van der Waals surface area contributed by atoms with Crippen LogP contribution in [0.1, 0.15) is 26.3 Å². The summed E-state index contributed by atoms with van der Waals surface area (Å²) in [5.41, 5.74) is 3.04. The van der Waals surface area contributed by atoms with Crippen molar-refractivity contribution >= 4 is 22.7 Å². The standard InChI is InChI=1S/C19H19N5O2/c1-13-4-5-16-15(12-21-22-16)17(13)19(26)24-9-7-23(8-10-24)18(25)14-3-2-6-20-11-14/h2-6,11-12H,7-10H2,1H3,(H,21,22). The predicted octanol–water partition coefficient (Wildman–Crippen LogP) is 1.86. The zero-order valence-corrected chi connectivity index (χ0v) is 14.5. The monoisotopic (exact) mass is 349 g/mol. The van der Waals surface area contributed by atoms with E-state index in [1.54, 1.807) is 35.6 Å². The van der Waals surface area contributed by atoms with Crippen molar-refractivity contribution < 1.29 is 9.59 Å². The van der Waals surface area contributed by atoms with Crippen LogP contribution in [0.15, 0.2) is 42.9 Å².